The van der Waals surface area contributed by atoms with Gasteiger partial charge in [-0.1, -0.05) is 55.9 Å². The first kappa shape index (κ1) is 23.4. The number of H-pyrrole nitrogens is 1. The van der Waals surface area contributed by atoms with Gasteiger partial charge < -0.3 is 15.0 Å². The van der Waals surface area contributed by atoms with Gasteiger partial charge in [0.2, 0.25) is 0 Å². The van der Waals surface area contributed by atoms with Gasteiger partial charge in [-0.2, -0.15) is 0 Å². The largest absolute Gasteiger partial charge is 0.497 e. The molecule has 8 heteroatoms. The maximum Gasteiger partial charge on any atom is 0.257 e. The minimum absolute atomic E-state index is 0.0274. The highest BCUT2D eigenvalue weighted by atomic mass is 32.2. The number of fused-ring (bicyclic) bond motifs is 1. The van der Waals surface area contributed by atoms with E-state index in [1.807, 2.05) is 24.3 Å². The van der Waals surface area contributed by atoms with E-state index in [0.717, 1.165) is 11.3 Å². The second-order valence-corrected chi connectivity index (χ2v) is 10.6. The third-order valence-corrected chi connectivity index (χ3v) is 7.37. The van der Waals surface area contributed by atoms with Gasteiger partial charge in [0.15, 0.2) is 10.9 Å². The maximum atomic E-state index is 14.1. The number of Topliss-reactive ketones (excluding diaryl/α,β-unsaturated/α-hetero) is 1. The lowest BCUT2D eigenvalue weighted by Gasteiger charge is -2.38. The zero-order chi connectivity index (χ0) is 24.7. The van der Waals surface area contributed by atoms with E-state index in [0.29, 0.717) is 52.0 Å². The highest BCUT2D eigenvalue weighted by molar-refractivity contribution is 7.98. The first-order chi connectivity index (χ1) is 16.8. The first-order valence-electron chi connectivity index (χ1n) is 11.4. The number of aromatic nitrogens is 2. The smallest absolute Gasteiger partial charge is 0.257 e. The molecule has 2 aromatic carbocycles. The van der Waals surface area contributed by atoms with Crippen LogP contribution >= 0.6 is 11.8 Å². The van der Waals surface area contributed by atoms with Crippen molar-refractivity contribution in [1.82, 2.24) is 9.97 Å². The minimum Gasteiger partial charge on any atom is -0.497 e. The summed E-state index contributed by atoms with van der Waals surface area (Å²) in [4.78, 5) is 34.3. The molecule has 0 spiro atoms. The van der Waals surface area contributed by atoms with Gasteiger partial charge in [-0.05, 0) is 41.2 Å². The lowest BCUT2D eigenvalue weighted by atomic mass is 9.69. The van der Waals surface area contributed by atoms with Crippen LogP contribution in [0.3, 0.4) is 0 Å². The van der Waals surface area contributed by atoms with E-state index in [1.54, 1.807) is 25.3 Å². The van der Waals surface area contributed by atoms with E-state index in [2.05, 4.69) is 24.1 Å². The summed E-state index contributed by atoms with van der Waals surface area (Å²) in [6.07, 6.45) is 1.07. The predicted octanol–water partition coefficient (Wildman–Crippen LogP) is 5.41. The van der Waals surface area contributed by atoms with Gasteiger partial charge in [0.25, 0.3) is 5.56 Å². The number of nitrogens with zero attached hydrogens (tertiary/aromatic N) is 1. The minimum atomic E-state index is -0.554. The summed E-state index contributed by atoms with van der Waals surface area (Å²) in [6.45, 7) is 4.13. The fourth-order valence-corrected chi connectivity index (χ4v) is 5.72. The van der Waals surface area contributed by atoms with Gasteiger partial charge in [0.05, 0.1) is 12.7 Å². The fraction of sp³-hybridized carbons (Fsp3) is 0.296. The fourth-order valence-electron chi connectivity index (χ4n) is 4.88. The van der Waals surface area contributed by atoms with Gasteiger partial charge in [0.1, 0.15) is 17.4 Å². The lowest BCUT2D eigenvalue weighted by Crippen LogP contribution is -2.37. The third kappa shape index (κ3) is 4.50. The molecule has 2 heterocycles. The molecular formula is C27H26FN3O3S. The van der Waals surface area contributed by atoms with E-state index in [9.17, 15) is 14.0 Å². The number of benzene rings is 2. The molecule has 0 fully saturated rings. The standard InChI is InChI=1S/C27H26FN3O3S/c1-27(2)12-19-22(20(32)13-27)21(15-8-6-9-17(11-15)34-3)23-24(29-19)30-26(31-25(23)33)35-14-16-7-4-5-10-18(16)28/h4-11,21H,12-14H2,1-3H3,(H2,29,30,31,33)/t21-/m0/s1. The quantitative estimate of drug-likeness (QED) is 0.367. The van der Waals surface area contributed by atoms with Crippen molar-refractivity contribution in [1.29, 1.82) is 0 Å². The molecule has 1 aliphatic carbocycles. The van der Waals surface area contributed by atoms with Crippen molar-refractivity contribution in [2.75, 3.05) is 12.4 Å². The van der Waals surface area contributed by atoms with E-state index in [4.69, 9.17) is 9.72 Å². The molecule has 3 aromatic rings. The third-order valence-electron chi connectivity index (χ3n) is 6.45. The number of ether oxygens (including phenoxy) is 1. The first-order valence-corrected chi connectivity index (χ1v) is 12.4. The van der Waals surface area contributed by atoms with E-state index >= 15 is 0 Å². The van der Waals surface area contributed by atoms with Crippen molar-refractivity contribution in [3.63, 3.8) is 0 Å². The Labute approximate surface area is 207 Å². The Morgan fingerprint density at radius 3 is 2.71 bits per heavy atom. The molecular weight excluding hydrogens is 465 g/mol. The van der Waals surface area contributed by atoms with Crippen LogP contribution in [-0.2, 0) is 10.5 Å². The monoisotopic (exact) mass is 491 g/mol. The SMILES string of the molecule is COc1cccc([C@H]2C3=C(CC(C)(C)CC3=O)Nc3nc(SCc4ccccc4F)[nH]c(=O)c32)c1. The molecule has 0 radical (unpaired) electrons. The number of rotatable bonds is 5. The molecule has 1 aromatic heterocycles. The molecule has 6 nitrogen and oxygen atoms in total. The van der Waals surface area contributed by atoms with Crippen molar-refractivity contribution in [2.24, 2.45) is 5.41 Å². The highest BCUT2D eigenvalue weighted by Gasteiger charge is 2.42. The van der Waals surface area contributed by atoms with E-state index in [1.165, 1.54) is 17.8 Å². The zero-order valence-electron chi connectivity index (χ0n) is 19.8. The Morgan fingerprint density at radius 1 is 1.14 bits per heavy atom. The number of anilines is 1. The number of thioether (sulfide) groups is 1. The highest BCUT2D eigenvalue weighted by Crippen LogP contribution is 2.48. The molecule has 0 saturated heterocycles. The number of methoxy groups -OCH3 is 1. The van der Waals surface area contributed by atoms with Crippen LogP contribution in [0.5, 0.6) is 5.75 Å². The Balaban J connectivity index is 1.60. The molecule has 0 saturated carbocycles. The van der Waals surface area contributed by atoms with Crippen molar-refractivity contribution in [2.45, 2.75) is 43.5 Å². The second-order valence-electron chi connectivity index (χ2n) is 9.68. The van der Waals surface area contributed by atoms with Gasteiger partial charge >= 0.3 is 0 Å². The molecule has 0 bridgehead atoms. The molecule has 1 atom stereocenters. The topological polar surface area (TPSA) is 84.1 Å². The number of halogens is 1. The van der Waals surface area contributed by atoms with Crippen molar-refractivity contribution >= 4 is 23.4 Å². The molecule has 35 heavy (non-hydrogen) atoms. The van der Waals surface area contributed by atoms with Crippen LogP contribution < -0.4 is 15.6 Å². The van der Waals surface area contributed by atoms with Gasteiger partial charge in [-0.15, -0.1) is 0 Å². The Hall–Kier alpha value is -3.39. The predicted molar refractivity (Wildman–Crippen MR) is 134 cm³/mol. The van der Waals surface area contributed by atoms with Crippen LogP contribution in [0.4, 0.5) is 10.2 Å². The Kier molecular flexibility index (Phi) is 6.01. The molecule has 2 N–H and O–H groups in total. The van der Waals surface area contributed by atoms with Crippen molar-refractivity contribution in [3.05, 3.63) is 92.7 Å². The van der Waals surface area contributed by atoms with Crippen molar-refractivity contribution < 1.29 is 13.9 Å². The molecule has 1 aliphatic heterocycles. The van der Waals surface area contributed by atoms with Crippen LogP contribution in [0.1, 0.15) is 49.3 Å². The van der Waals surface area contributed by atoms with Gasteiger partial charge in [-0.25, -0.2) is 9.37 Å². The molecule has 0 unspecified atom stereocenters. The van der Waals surface area contributed by atoms with Crippen LogP contribution in [-0.4, -0.2) is 22.9 Å². The van der Waals surface area contributed by atoms with E-state index < -0.39 is 5.92 Å². The average Bonchev–Trinajstić information content (AvgIpc) is 2.81. The van der Waals surface area contributed by atoms with Crippen LogP contribution in [0, 0.1) is 11.2 Å². The number of carbonyl (C=O) groups is 1. The number of carbonyl (C=O) groups excluding carboxylic acids is 1. The number of ketones is 1. The number of hydrogen-bond donors (Lipinski definition) is 2. The average molecular weight is 492 g/mol. The summed E-state index contributed by atoms with van der Waals surface area (Å²) in [5.74, 6) is 0.583. The van der Waals surface area contributed by atoms with Gasteiger partial charge in [-0.3, -0.25) is 9.59 Å². The molecule has 5 rings (SSSR count). The lowest BCUT2D eigenvalue weighted by molar-refractivity contribution is -0.118. The van der Waals surface area contributed by atoms with E-state index in [-0.39, 0.29) is 22.6 Å². The Morgan fingerprint density at radius 2 is 1.94 bits per heavy atom. The summed E-state index contributed by atoms with van der Waals surface area (Å²) < 4.78 is 19.5. The summed E-state index contributed by atoms with van der Waals surface area (Å²) in [6, 6.07) is 14.0. The summed E-state index contributed by atoms with van der Waals surface area (Å²) in [7, 11) is 1.59. The number of aromatic amines is 1. The normalized spacial score (nSPS) is 18.5. The van der Waals surface area contributed by atoms with Crippen LogP contribution in [0.25, 0.3) is 0 Å². The number of allylic oxidation sites excluding steroid dienone is 2. The summed E-state index contributed by atoms with van der Waals surface area (Å²) in [5.41, 5.74) is 2.62. The molecule has 180 valence electrons. The zero-order valence-corrected chi connectivity index (χ0v) is 20.6. The second kappa shape index (κ2) is 9.00. The van der Waals surface area contributed by atoms with Crippen molar-refractivity contribution in [3.8, 4) is 5.75 Å². The van der Waals surface area contributed by atoms with Crippen LogP contribution in [0.2, 0.25) is 0 Å². The molecule has 2 aliphatic rings. The van der Waals surface area contributed by atoms with Gasteiger partial charge in [0, 0.05) is 29.4 Å². The number of hydrogen-bond acceptors (Lipinski definition) is 6. The summed E-state index contributed by atoms with van der Waals surface area (Å²) in [5, 5.41) is 3.70. The maximum absolute atomic E-state index is 14.1. The summed E-state index contributed by atoms with van der Waals surface area (Å²) >= 11 is 1.26. The number of nitrogens with one attached hydrogen (secondary N) is 2. The van der Waals surface area contributed by atoms with Crippen LogP contribution in [0.15, 0.2) is 69.8 Å². The Bertz CT molecular complexity index is 1410. The molecule has 0 amide bonds.